The van der Waals surface area contributed by atoms with Gasteiger partial charge in [0.1, 0.15) is 11.5 Å². The highest BCUT2D eigenvalue weighted by Crippen LogP contribution is 2.62. The summed E-state index contributed by atoms with van der Waals surface area (Å²) in [4.78, 5) is 2.35. The van der Waals surface area contributed by atoms with Gasteiger partial charge in [-0.05, 0) is 121 Å². The van der Waals surface area contributed by atoms with Crippen LogP contribution in [0, 0.1) is 0 Å². The van der Waals surface area contributed by atoms with Crippen LogP contribution in [0.4, 0.5) is 17.1 Å². The van der Waals surface area contributed by atoms with Crippen molar-refractivity contribution in [2.75, 3.05) is 4.90 Å². The van der Waals surface area contributed by atoms with Gasteiger partial charge in [0.05, 0.1) is 5.41 Å². The molecule has 0 fully saturated rings. The second-order valence-corrected chi connectivity index (χ2v) is 16.8. The fourth-order valence-electron chi connectivity index (χ4n) is 10.7. The van der Waals surface area contributed by atoms with Crippen LogP contribution in [0.2, 0.25) is 0 Å². The fraction of sp³-hybridized carbons (Fsp3) is 0.0690. The maximum absolute atomic E-state index is 6.54. The number of anilines is 3. The second kappa shape index (κ2) is 13.0. The Morgan fingerprint density at radius 2 is 0.800 bits per heavy atom. The molecule has 9 aromatic rings. The van der Waals surface area contributed by atoms with Crippen LogP contribution >= 0.6 is 0 Å². The number of para-hydroxylation sites is 3. The van der Waals surface area contributed by atoms with Gasteiger partial charge in [-0.25, -0.2) is 0 Å². The first-order valence-corrected chi connectivity index (χ1v) is 20.9. The van der Waals surface area contributed by atoms with E-state index >= 15 is 0 Å². The summed E-state index contributed by atoms with van der Waals surface area (Å²) in [5.74, 6) is 1.82. The van der Waals surface area contributed by atoms with Gasteiger partial charge < -0.3 is 9.64 Å². The molecule has 0 saturated carbocycles. The molecule has 0 N–H and O–H groups in total. The summed E-state index contributed by atoms with van der Waals surface area (Å²) in [6.45, 7) is 4.72. The Hall–Kier alpha value is -7.42. The summed E-state index contributed by atoms with van der Waals surface area (Å²) in [5, 5.41) is 0. The number of fused-ring (bicyclic) bond motifs is 12. The van der Waals surface area contributed by atoms with Crippen molar-refractivity contribution in [2.45, 2.75) is 24.7 Å². The molecular weight excluding hydrogens is 727 g/mol. The maximum atomic E-state index is 6.54. The zero-order chi connectivity index (χ0) is 40.0. The van der Waals surface area contributed by atoms with Crippen molar-refractivity contribution < 1.29 is 4.74 Å². The quantitative estimate of drug-likeness (QED) is 0.173. The molecule has 3 aliphatic rings. The first kappa shape index (κ1) is 34.6. The molecule has 284 valence electrons. The van der Waals surface area contributed by atoms with E-state index in [0.717, 1.165) is 28.6 Å². The van der Waals surface area contributed by atoms with Gasteiger partial charge in [-0.15, -0.1) is 0 Å². The molecule has 9 aromatic carbocycles. The molecule has 1 spiro atoms. The van der Waals surface area contributed by atoms with Crippen molar-refractivity contribution >= 4 is 17.1 Å². The summed E-state index contributed by atoms with van der Waals surface area (Å²) in [7, 11) is 0. The van der Waals surface area contributed by atoms with E-state index in [0.29, 0.717) is 0 Å². The maximum Gasteiger partial charge on any atom is 0.132 e. The van der Waals surface area contributed by atoms with E-state index in [4.69, 9.17) is 4.74 Å². The van der Waals surface area contributed by atoms with Crippen LogP contribution in [0.5, 0.6) is 11.5 Å². The molecule has 1 aliphatic heterocycles. The Balaban J connectivity index is 0.923. The van der Waals surface area contributed by atoms with Crippen molar-refractivity contribution in [1.29, 1.82) is 0 Å². The van der Waals surface area contributed by atoms with E-state index in [2.05, 4.69) is 231 Å². The minimum atomic E-state index is -0.465. The lowest BCUT2D eigenvalue weighted by molar-refractivity contribution is 0.436. The van der Waals surface area contributed by atoms with E-state index in [-0.39, 0.29) is 5.41 Å². The molecule has 2 nitrogen and oxygen atoms in total. The van der Waals surface area contributed by atoms with Gasteiger partial charge in [-0.3, -0.25) is 0 Å². The standard InChI is InChI=1S/C58H41NO/c1-57(2)49-21-8-6-17-45(49)47-20-14-19-44(56(47)57)39-29-34-43(35-30-39)59(41-15-4-3-5-16-41)42-32-27-38(28-33-42)40-31-36-51-48(37-40)46-18-7-9-22-50(46)58(51)52-23-10-12-25-54(52)60-55-26-13-11-24-53(55)58/h3-37H,1-2H3. The summed E-state index contributed by atoms with van der Waals surface area (Å²) >= 11 is 0. The highest BCUT2D eigenvalue weighted by Gasteiger charge is 2.51. The third kappa shape index (κ3) is 4.88. The van der Waals surface area contributed by atoms with E-state index in [9.17, 15) is 0 Å². The number of hydrogen-bond acceptors (Lipinski definition) is 2. The molecule has 0 atom stereocenters. The minimum absolute atomic E-state index is 0.0790. The first-order chi connectivity index (χ1) is 29.5. The molecule has 12 rings (SSSR count). The number of rotatable bonds is 5. The van der Waals surface area contributed by atoms with Gasteiger partial charge in [0.15, 0.2) is 0 Å². The zero-order valence-electron chi connectivity index (χ0n) is 33.6. The van der Waals surface area contributed by atoms with E-state index in [1.54, 1.807) is 0 Å². The number of hydrogen-bond donors (Lipinski definition) is 0. The Morgan fingerprint density at radius 1 is 0.333 bits per heavy atom. The van der Waals surface area contributed by atoms with Crippen LogP contribution in [0.1, 0.15) is 47.2 Å². The predicted molar refractivity (Wildman–Crippen MR) is 247 cm³/mol. The molecule has 2 heteroatoms. The van der Waals surface area contributed by atoms with E-state index in [1.807, 2.05) is 0 Å². The van der Waals surface area contributed by atoms with Gasteiger partial charge in [0.25, 0.3) is 0 Å². The second-order valence-electron chi connectivity index (χ2n) is 16.8. The van der Waals surface area contributed by atoms with Crippen molar-refractivity contribution in [3.63, 3.8) is 0 Å². The van der Waals surface area contributed by atoms with Gasteiger partial charge in [-0.2, -0.15) is 0 Å². The van der Waals surface area contributed by atoms with Crippen molar-refractivity contribution in [3.8, 4) is 56.0 Å². The van der Waals surface area contributed by atoms with Crippen LogP contribution in [0.3, 0.4) is 0 Å². The number of nitrogens with zero attached hydrogens (tertiary/aromatic N) is 1. The highest BCUT2D eigenvalue weighted by atomic mass is 16.5. The van der Waals surface area contributed by atoms with Gasteiger partial charge in [0, 0.05) is 33.6 Å². The van der Waals surface area contributed by atoms with Gasteiger partial charge >= 0.3 is 0 Å². The van der Waals surface area contributed by atoms with Gasteiger partial charge in [0.2, 0.25) is 0 Å². The molecular formula is C58H41NO. The Labute approximate surface area is 351 Å². The summed E-state index contributed by atoms with van der Waals surface area (Å²) in [5.41, 5.74) is 20.7. The van der Waals surface area contributed by atoms with Gasteiger partial charge in [-0.1, -0.05) is 172 Å². The van der Waals surface area contributed by atoms with Crippen LogP contribution in [-0.2, 0) is 10.8 Å². The Morgan fingerprint density at radius 3 is 1.47 bits per heavy atom. The summed E-state index contributed by atoms with van der Waals surface area (Å²) in [6, 6.07) is 77.6. The van der Waals surface area contributed by atoms with Crippen molar-refractivity contribution in [1.82, 2.24) is 0 Å². The predicted octanol–water partition coefficient (Wildman–Crippen LogP) is 15.3. The van der Waals surface area contributed by atoms with Crippen LogP contribution in [0.25, 0.3) is 44.5 Å². The summed E-state index contributed by atoms with van der Waals surface area (Å²) < 4.78 is 6.54. The third-order valence-electron chi connectivity index (χ3n) is 13.3. The molecule has 2 aliphatic carbocycles. The first-order valence-electron chi connectivity index (χ1n) is 20.9. The summed E-state index contributed by atoms with van der Waals surface area (Å²) in [6.07, 6.45) is 0. The molecule has 0 amide bonds. The van der Waals surface area contributed by atoms with Crippen LogP contribution in [0.15, 0.2) is 212 Å². The molecule has 0 radical (unpaired) electrons. The molecule has 60 heavy (non-hydrogen) atoms. The van der Waals surface area contributed by atoms with Crippen LogP contribution < -0.4 is 9.64 Å². The molecule has 0 unspecified atom stereocenters. The monoisotopic (exact) mass is 767 g/mol. The smallest absolute Gasteiger partial charge is 0.132 e. The molecule has 0 aromatic heterocycles. The average Bonchev–Trinajstić information content (AvgIpc) is 3.73. The molecule has 1 heterocycles. The Bertz CT molecular complexity index is 3090. The Kier molecular flexibility index (Phi) is 7.52. The lowest BCUT2D eigenvalue weighted by atomic mass is 9.66. The van der Waals surface area contributed by atoms with Crippen molar-refractivity contribution in [2.24, 2.45) is 0 Å². The number of ether oxygens (including phenoxy) is 1. The zero-order valence-corrected chi connectivity index (χ0v) is 33.6. The highest BCUT2D eigenvalue weighted by molar-refractivity contribution is 5.92. The lowest BCUT2D eigenvalue weighted by Crippen LogP contribution is -2.32. The van der Waals surface area contributed by atoms with Crippen molar-refractivity contribution in [3.05, 3.63) is 246 Å². The topological polar surface area (TPSA) is 12.5 Å². The molecule has 0 bridgehead atoms. The lowest BCUT2D eigenvalue weighted by Gasteiger charge is -2.39. The molecule has 0 saturated heterocycles. The third-order valence-corrected chi connectivity index (χ3v) is 13.3. The van der Waals surface area contributed by atoms with Crippen LogP contribution in [-0.4, -0.2) is 0 Å². The van der Waals surface area contributed by atoms with E-state index < -0.39 is 5.41 Å². The normalized spacial score (nSPS) is 14.2. The average molecular weight is 768 g/mol. The SMILES string of the molecule is CC1(C)c2ccccc2-c2cccc(-c3ccc(N(c4ccccc4)c4ccc(-c5ccc6c(c5)-c5ccccc5C65c6ccccc6Oc6ccccc65)cc4)cc3)c21. The largest absolute Gasteiger partial charge is 0.457 e. The van der Waals surface area contributed by atoms with E-state index in [1.165, 1.54) is 77.9 Å². The number of benzene rings is 9. The fourth-order valence-corrected chi connectivity index (χ4v) is 10.7. The minimum Gasteiger partial charge on any atom is -0.457 e.